The van der Waals surface area contributed by atoms with Crippen LogP contribution in [0.25, 0.3) is 0 Å². The van der Waals surface area contributed by atoms with Gasteiger partial charge >= 0.3 is 0 Å². The van der Waals surface area contributed by atoms with E-state index in [1.54, 1.807) is 6.07 Å². The molecule has 0 atom stereocenters. The Labute approximate surface area is 76.2 Å². The van der Waals surface area contributed by atoms with Gasteiger partial charge in [-0.25, -0.2) is 0 Å². The molecule has 12 heavy (non-hydrogen) atoms. The topological polar surface area (TPSA) is 36.1 Å². The van der Waals surface area contributed by atoms with E-state index in [1.165, 1.54) is 0 Å². The third-order valence-corrected chi connectivity index (χ3v) is 1.61. The van der Waals surface area contributed by atoms with E-state index in [2.05, 4.69) is 22.4 Å². The highest BCUT2D eigenvalue weighted by Gasteiger charge is 2.01. The molecule has 58 valence electrons. The number of hydrogen-bond acceptors (Lipinski definition) is 3. The third-order valence-electron chi connectivity index (χ3n) is 1.52. The van der Waals surface area contributed by atoms with Gasteiger partial charge in [0.15, 0.2) is 0 Å². The second-order valence-electron chi connectivity index (χ2n) is 2.29. The van der Waals surface area contributed by atoms with Crippen molar-refractivity contribution in [2.45, 2.75) is 6.92 Å². The van der Waals surface area contributed by atoms with E-state index in [1.807, 2.05) is 25.1 Å². The van der Waals surface area contributed by atoms with E-state index in [4.69, 9.17) is 5.26 Å². The number of aryl methyl sites for hydroxylation is 1. The summed E-state index contributed by atoms with van der Waals surface area (Å²) >= 11 is 4.48. The monoisotopic (exact) mass is 174 g/mol. The van der Waals surface area contributed by atoms with E-state index >= 15 is 0 Å². The fraction of sp³-hybridized carbons (Fsp3) is 0.111. The normalized spacial score (nSPS) is 8.33. The zero-order chi connectivity index (χ0) is 8.97. The largest absolute Gasteiger partial charge is 0.193 e. The summed E-state index contributed by atoms with van der Waals surface area (Å²) in [5, 5.41) is 11.0. The highest BCUT2D eigenvalue weighted by Crippen LogP contribution is 2.22. The summed E-state index contributed by atoms with van der Waals surface area (Å²) in [5.74, 6) is 0. The molecule has 1 aromatic carbocycles. The van der Waals surface area contributed by atoms with Crippen molar-refractivity contribution in [2.24, 2.45) is 4.99 Å². The van der Waals surface area contributed by atoms with Crippen LogP contribution in [0.2, 0.25) is 0 Å². The quantitative estimate of drug-likeness (QED) is 0.484. The maximum absolute atomic E-state index is 8.70. The standard InChI is InChI=1S/C9H6N2S/c1-7-3-2-4-8(5-10)9(7)11-6-12/h2-4H,1H3. The van der Waals surface area contributed by atoms with Crippen molar-refractivity contribution in [3.63, 3.8) is 0 Å². The van der Waals surface area contributed by atoms with Crippen LogP contribution in [-0.4, -0.2) is 5.16 Å². The van der Waals surface area contributed by atoms with Crippen LogP contribution in [0.4, 0.5) is 5.69 Å². The van der Waals surface area contributed by atoms with Crippen molar-refractivity contribution in [3.05, 3.63) is 29.3 Å². The van der Waals surface area contributed by atoms with Gasteiger partial charge in [-0.3, -0.25) is 0 Å². The van der Waals surface area contributed by atoms with E-state index < -0.39 is 0 Å². The van der Waals surface area contributed by atoms with Crippen LogP contribution in [0, 0.1) is 18.3 Å². The van der Waals surface area contributed by atoms with Gasteiger partial charge in [-0.05, 0) is 30.8 Å². The molecule has 1 rings (SSSR count). The SMILES string of the molecule is Cc1cccc(C#N)c1N=C=S. The molecule has 0 saturated carbocycles. The molecule has 0 aromatic heterocycles. The number of thiocarbonyl (C=S) groups is 1. The molecule has 0 bridgehead atoms. The van der Waals surface area contributed by atoms with Gasteiger partial charge in [0.1, 0.15) is 6.07 Å². The zero-order valence-corrected chi connectivity index (χ0v) is 7.35. The van der Waals surface area contributed by atoms with E-state index in [-0.39, 0.29) is 0 Å². The van der Waals surface area contributed by atoms with Crippen molar-refractivity contribution in [1.82, 2.24) is 0 Å². The Morgan fingerprint density at radius 2 is 2.25 bits per heavy atom. The Bertz CT molecular complexity index is 384. The minimum absolute atomic E-state index is 0.535. The number of hydrogen-bond donors (Lipinski definition) is 0. The molecule has 0 amide bonds. The maximum atomic E-state index is 8.70. The predicted molar refractivity (Wildman–Crippen MR) is 50.6 cm³/mol. The molecule has 0 heterocycles. The van der Waals surface area contributed by atoms with Gasteiger partial charge in [-0.2, -0.15) is 10.3 Å². The van der Waals surface area contributed by atoms with Crippen LogP contribution >= 0.6 is 12.2 Å². The van der Waals surface area contributed by atoms with E-state index in [0.717, 1.165) is 5.56 Å². The predicted octanol–water partition coefficient (Wildman–Crippen LogP) is 2.60. The highest BCUT2D eigenvalue weighted by atomic mass is 32.1. The summed E-state index contributed by atoms with van der Waals surface area (Å²) in [5.41, 5.74) is 2.09. The van der Waals surface area contributed by atoms with Crippen molar-refractivity contribution in [1.29, 1.82) is 5.26 Å². The van der Waals surface area contributed by atoms with Crippen molar-refractivity contribution < 1.29 is 0 Å². The molecule has 0 radical (unpaired) electrons. The molecule has 0 spiro atoms. The molecule has 2 nitrogen and oxygen atoms in total. The van der Waals surface area contributed by atoms with Crippen LogP contribution in [-0.2, 0) is 0 Å². The fourth-order valence-electron chi connectivity index (χ4n) is 0.943. The molecule has 0 aliphatic rings. The Kier molecular flexibility index (Phi) is 2.71. The molecule has 1 aromatic rings. The number of para-hydroxylation sites is 1. The summed E-state index contributed by atoms with van der Waals surface area (Å²) in [6, 6.07) is 7.45. The number of isothiocyanates is 1. The molecular formula is C9H6N2S. The van der Waals surface area contributed by atoms with Gasteiger partial charge in [0.25, 0.3) is 0 Å². The summed E-state index contributed by atoms with van der Waals surface area (Å²) in [6.07, 6.45) is 0. The lowest BCUT2D eigenvalue weighted by Crippen LogP contribution is -1.79. The molecule has 0 aliphatic heterocycles. The fourth-order valence-corrected chi connectivity index (χ4v) is 1.03. The average Bonchev–Trinajstić information content (AvgIpc) is 2.09. The van der Waals surface area contributed by atoms with Crippen molar-refractivity contribution in [3.8, 4) is 6.07 Å². The maximum Gasteiger partial charge on any atom is 0.101 e. The molecule has 0 N–H and O–H groups in total. The summed E-state index contributed by atoms with van der Waals surface area (Å²) in [4.78, 5) is 3.82. The Morgan fingerprint density at radius 3 is 2.83 bits per heavy atom. The molecule has 0 aliphatic carbocycles. The molecular weight excluding hydrogens is 168 g/mol. The van der Waals surface area contributed by atoms with Crippen molar-refractivity contribution in [2.75, 3.05) is 0 Å². The Morgan fingerprint density at radius 1 is 1.50 bits per heavy atom. The smallest absolute Gasteiger partial charge is 0.101 e. The number of nitriles is 1. The van der Waals surface area contributed by atoms with Crippen molar-refractivity contribution >= 4 is 23.1 Å². The van der Waals surface area contributed by atoms with Crippen LogP contribution < -0.4 is 0 Å². The lowest BCUT2D eigenvalue weighted by atomic mass is 10.1. The lowest BCUT2D eigenvalue weighted by Gasteiger charge is -1.98. The summed E-state index contributed by atoms with van der Waals surface area (Å²) < 4.78 is 0. The summed E-state index contributed by atoms with van der Waals surface area (Å²) in [6.45, 7) is 1.88. The Hall–Kier alpha value is -1.49. The molecule has 3 heteroatoms. The van der Waals surface area contributed by atoms with Gasteiger partial charge in [0, 0.05) is 0 Å². The summed E-state index contributed by atoms with van der Waals surface area (Å²) in [7, 11) is 0. The number of rotatable bonds is 1. The molecule has 0 unspecified atom stereocenters. The third kappa shape index (κ3) is 1.57. The van der Waals surface area contributed by atoms with Gasteiger partial charge < -0.3 is 0 Å². The molecule has 0 saturated heterocycles. The van der Waals surface area contributed by atoms with Crippen LogP contribution in [0.15, 0.2) is 23.2 Å². The minimum atomic E-state index is 0.535. The van der Waals surface area contributed by atoms with Crippen LogP contribution in [0.3, 0.4) is 0 Å². The highest BCUT2D eigenvalue weighted by molar-refractivity contribution is 7.78. The second-order valence-corrected chi connectivity index (χ2v) is 2.47. The Balaban J connectivity index is 3.41. The number of benzene rings is 1. The lowest BCUT2D eigenvalue weighted by molar-refractivity contribution is 1.37. The van der Waals surface area contributed by atoms with Gasteiger partial charge in [0.2, 0.25) is 0 Å². The molecule has 0 fully saturated rings. The first kappa shape index (κ1) is 8.61. The minimum Gasteiger partial charge on any atom is -0.193 e. The van der Waals surface area contributed by atoms with Gasteiger partial charge in [-0.15, -0.1) is 0 Å². The average molecular weight is 174 g/mol. The zero-order valence-electron chi connectivity index (χ0n) is 6.53. The van der Waals surface area contributed by atoms with E-state index in [0.29, 0.717) is 11.3 Å². The first-order valence-corrected chi connectivity index (χ1v) is 3.78. The van der Waals surface area contributed by atoms with E-state index in [9.17, 15) is 0 Å². The second kappa shape index (κ2) is 3.77. The van der Waals surface area contributed by atoms with Gasteiger partial charge in [-0.1, -0.05) is 12.1 Å². The van der Waals surface area contributed by atoms with Crippen LogP contribution in [0.1, 0.15) is 11.1 Å². The first-order valence-electron chi connectivity index (χ1n) is 3.37. The number of nitrogens with zero attached hydrogens (tertiary/aromatic N) is 2. The first-order chi connectivity index (χ1) is 5.79. The van der Waals surface area contributed by atoms with Crippen LogP contribution in [0.5, 0.6) is 0 Å². The number of aliphatic imine (C=N–C) groups is 1. The van der Waals surface area contributed by atoms with Gasteiger partial charge in [0.05, 0.1) is 16.4 Å².